The van der Waals surface area contributed by atoms with Crippen LogP contribution in [0.25, 0.3) is 32.9 Å². The van der Waals surface area contributed by atoms with E-state index in [0.717, 1.165) is 11.0 Å². The van der Waals surface area contributed by atoms with Gasteiger partial charge in [0.15, 0.2) is 0 Å². The summed E-state index contributed by atoms with van der Waals surface area (Å²) in [4.78, 5) is 4.90. The van der Waals surface area contributed by atoms with E-state index in [0.29, 0.717) is 0 Å². The van der Waals surface area contributed by atoms with E-state index in [1.54, 1.807) is 0 Å². The maximum atomic E-state index is 4.90. The summed E-state index contributed by atoms with van der Waals surface area (Å²) in [6.07, 6.45) is 0. The number of pyridine rings is 1. The normalized spacial score (nSPS) is 11.6. The maximum absolute atomic E-state index is 4.90. The quantitative estimate of drug-likeness (QED) is 0.149. The van der Waals surface area contributed by atoms with E-state index in [9.17, 15) is 0 Å². The van der Waals surface area contributed by atoms with Gasteiger partial charge in [-0.15, -0.1) is 0 Å². The summed E-state index contributed by atoms with van der Waals surface area (Å²) >= 11 is 3.66. The summed E-state index contributed by atoms with van der Waals surface area (Å²) in [5.41, 5.74) is 2.64. The van der Waals surface area contributed by atoms with Crippen LogP contribution >= 0.6 is 5.51 Å². The van der Waals surface area contributed by atoms with Gasteiger partial charge in [0.1, 0.15) is 0 Å². The van der Waals surface area contributed by atoms with Gasteiger partial charge < -0.3 is 0 Å². The van der Waals surface area contributed by atoms with E-state index in [2.05, 4.69) is 149 Å². The van der Waals surface area contributed by atoms with Crippen LogP contribution in [0.15, 0.2) is 133 Å². The Balaban J connectivity index is 1.56. The van der Waals surface area contributed by atoms with E-state index in [4.69, 9.17) is 4.98 Å². The fraction of sp³-hybridized carbons (Fsp3) is 0. The third kappa shape index (κ3) is 3.56. The molecule has 0 unspecified atom stereocenters. The van der Waals surface area contributed by atoms with Crippen LogP contribution in [0.2, 0.25) is 0 Å². The van der Waals surface area contributed by atoms with Crippen LogP contribution in [0, 0.1) is 0 Å². The zero-order valence-corrected chi connectivity index (χ0v) is 21.1. The van der Waals surface area contributed by atoms with Crippen molar-refractivity contribution in [3.63, 3.8) is 0 Å². The number of fused-ring (bicyclic) bond motifs is 2. The van der Waals surface area contributed by atoms with Crippen LogP contribution in [-0.2, 0) is 0 Å². The number of rotatable bonds is 4. The standard InChI is InChI=1S/C31H22NPSe/c34-33(24-11-3-1-4-12-24,25-13-5-2-6-14-25)26-21-19-23(20-22-26)31-27-15-7-9-17-29(27)32-30-18-10-8-16-28(30)31/h1-22H. The Morgan fingerprint density at radius 3 is 1.35 bits per heavy atom. The molecular formula is C31H22NPSe. The average molecular weight is 518 g/mol. The Hall–Kier alpha value is -3.28. The van der Waals surface area contributed by atoms with Gasteiger partial charge >= 0.3 is 208 Å². The van der Waals surface area contributed by atoms with Gasteiger partial charge in [0.2, 0.25) is 0 Å². The van der Waals surface area contributed by atoms with Crippen molar-refractivity contribution in [1.82, 2.24) is 4.98 Å². The average Bonchev–Trinajstić information content (AvgIpc) is 2.92. The molecule has 0 aliphatic carbocycles. The molecule has 0 spiro atoms. The zero-order valence-electron chi connectivity index (χ0n) is 18.5. The first kappa shape index (κ1) is 21.3. The first-order valence-corrected chi connectivity index (χ1v) is 15.4. The van der Waals surface area contributed by atoms with Crippen molar-refractivity contribution >= 4 is 58.3 Å². The first-order chi connectivity index (χ1) is 16.7. The Morgan fingerprint density at radius 1 is 0.441 bits per heavy atom. The summed E-state index contributed by atoms with van der Waals surface area (Å²) in [5.74, 6) is 0. The summed E-state index contributed by atoms with van der Waals surface area (Å²) < 4.78 is 0. The van der Waals surface area contributed by atoms with E-state index < -0.39 is 5.51 Å². The van der Waals surface area contributed by atoms with Crippen LogP contribution in [0.3, 0.4) is 0 Å². The molecule has 1 aromatic heterocycles. The first-order valence-electron chi connectivity index (χ1n) is 11.3. The van der Waals surface area contributed by atoms with Gasteiger partial charge in [-0.25, -0.2) is 0 Å². The molecule has 0 aliphatic heterocycles. The van der Waals surface area contributed by atoms with Crippen molar-refractivity contribution in [2.45, 2.75) is 0 Å². The monoisotopic (exact) mass is 519 g/mol. The molecular weight excluding hydrogens is 496 g/mol. The summed E-state index contributed by atoms with van der Waals surface area (Å²) in [7, 11) is 0. The van der Waals surface area contributed by atoms with Crippen molar-refractivity contribution in [1.29, 1.82) is 0 Å². The van der Waals surface area contributed by atoms with Gasteiger partial charge in [0.05, 0.1) is 0 Å². The molecule has 1 heterocycles. The van der Waals surface area contributed by atoms with Gasteiger partial charge in [-0.2, -0.15) is 0 Å². The summed E-state index contributed by atoms with van der Waals surface area (Å²) in [5, 5.41) is 6.38. The summed E-state index contributed by atoms with van der Waals surface area (Å²) in [6.45, 7) is 0. The zero-order chi connectivity index (χ0) is 23.0. The van der Waals surface area contributed by atoms with Crippen LogP contribution in [0.5, 0.6) is 0 Å². The van der Waals surface area contributed by atoms with Crippen molar-refractivity contribution in [3.8, 4) is 11.1 Å². The molecule has 6 aromatic rings. The summed E-state index contributed by atoms with van der Waals surface area (Å²) in [6, 6.07) is 47.7. The molecule has 3 heteroatoms. The van der Waals surface area contributed by atoms with E-state index in [1.807, 2.05) is 0 Å². The van der Waals surface area contributed by atoms with Crippen LogP contribution < -0.4 is 15.9 Å². The van der Waals surface area contributed by atoms with Crippen LogP contribution in [0.1, 0.15) is 0 Å². The molecule has 0 radical (unpaired) electrons. The fourth-order valence-electron chi connectivity index (χ4n) is 4.71. The molecule has 34 heavy (non-hydrogen) atoms. The fourth-order valence-corrected chi connectivity index (χ4v) is 9.66. The molecule has 0 saturated heterocycles. The number of aromatic nitrogens is 1. The van der Waals surface area contributed by atoms with E-state index >= 15 is 0 Å². The predicted octanol–water partition coefficient (Wildman–Crippen LogP) is 6.43. The molecule has 0 fully saturated rings. The number of benzene rings is 5. The Morgan fingerprint density at radius 2 is 0.853 bits per heavy atom. The molecule has 0 aliphatic rings. The Kier molecular flexibility index (Phi) is 5.52. The van der Waals surface area contributed by atoms with Crippen LogP contribution in [0.4, 0.5) is 0 Å². The van der Waals surface area contributed by atoms with Gasteiger partial charge in [-0.05, 0) is 0 Å². The molecule has 0 saturated carbocycles. The van der Waals surface area contributed by atoms with Gasteiger partial charge in [0.25, 0.3) is 0 Å². The second-order valence-corrected chi connectivity index (χ2v) is 14.6. The number of para-hydroxylation sites is 2. The third-order valence-electron chi connectivity index (χ3n) is 6.35. The van der Waals surface area contributed by atoms with E-state index in [1.165, 1.54) is 37.8 Å². The second-order valence-electron chi connectivity index (χ2n) is 8.35. The molecule has 5 aromatic carbocycles. The van der Waals surface area contributed by atoms with Crippen molar-refractivity contribution in [2.24, 2.45) is 0 Å². The predicted molar refractivity (Wildman–Crippen MR) is 149 cm³/mol. The van der Waals surface area contributed by atoms with Crippen LogP contribution in [-0.4, -0.2) is 20.1 Å². The van der Waals surface area contributed by atoms with Gasteiger partial charge in [-0.3, -0.25) is 0 Å². The number of hydrogen-bond acceptors (Lipinski definition) is 1. The Bertz CT molecular complexity index is 1560. The van der Waals surface area contributed by atoms with Crippen molar-refractivity contribution in [3.05, 3.63) is 133 Å². The molecule has 1 nitrogen and oxygen atoms in total. The van der Waals surface area contributed by atoms with E-state index in [-0.39, 0.29) is 0 Å². The minimum atomic E-state index is -1.87. The number of hydrogen-bond donors (Lipinski definition) is 0. The molecule has 0 amide bonds. The van der Waals surface area contributed by atoms with Gasteiger partial charge in [0, 0.05) is 0 Å². The second kappa shape index (κ2) is 8.82. The third-order valence-corrected chi connectivity index (χ3v) is 13.4. The van der Waals surface area contributed by atoms with Crippen molar-refractivity contribution in [2.75, 3.05) is 0 Å². The van der Waals surface area contributed by atoms with Crippen molar-refractivity contribution < 1.29 is 0 Å². The van der Waals surface area contributed by atoms with Gasteiger partial charge in [-0.1, -0.05) is 0 Å². The SMILES string of the molecule is [Se]=P(c1ccccc1)(c1ccccc1)c1ccc(-c2c3ccccc3nc3ccccc23)cc1. The molecule has 0 atom stereocenters. The topological polar surface area (TPSA) is 12.9 Å². The minimum absolute atomic E-state index is 1.03. The molecule has 6 rings (SSSR count). The number of nitrogens with zero attached hydrogens (tertiary/aromatic N) is 1. The molecule has 0 bridgehead atoms. The Labute approximate surface area is 207 Å². The molecule has 0 N–H and O–H groups in total. The molecule has 162 valence electrons.